The van der Waals surface area contributed by atoms with Crippen LogP contribution in [0.5, 0.6) is 0 Å². The molecule has 0 bridgehead atoms. The summed E-state index contributed by atoms with van der Waals surface area (Å²) in [5.74, 6) is -0.610. The van der Waals surface area contributed by atoms with Crippen LogP contribution in [0.2, 0.25) is 5.02 Å². The molecule has 6 heteroatoms. The van der Waals surface area contributed by atoms with Gasteiger partial charge in [0.25, 0.3) is 0 Å². The van der Waals surface area contributed by atoms with E-state index in [1.165, 1.54) is 17.4 Å². The van der Waals surface area contributed by atoms with Crippen molar-refractivity contribution in [2.24, 2.45) is 0 Å². The molecule has 0 saturated heterocycles. The minimum atomic E-state index is -0.610. The highest BCUT2D eigenvalue weighted by molar-refractivity contribution is 7.21. The Kier molecular flexibility index (Phi) is 2.99. The van der Waals surface area contributed by atoms with Gasteiger partial charge in [-0.3, -0.25) is 4.79 Å². The summed E-state index contributed by atoms with van der Waals surface area (Å²) < 4.78 is 14.6. The highest BCUT2D eigenvalue weighted by Gasteiger charge is 2.13. The molecule has 2 aromatic heterocycles. The van der Waals surface area contributed by atoms with Crippen molar-refractivity contribution in [1.82, 2.24) is 9.97 Å². The minimum absolute atomic E-state index is 0.0177. The van der Waals surface area contributed by atoms with Gasteiger partial charge in [0.2, 0.25) is 0 Å². The molecular formula is C16H8ClFN2OS. The number of halogens is 2. The van der Waals surface area contributed by atoms with Gasteiger partial charge in [-0.15, -0.1) is 11.3 Å². The van der Waals surface area contributed by atoms with Gasteiger partial charge in [0.05, 0.1) is 26.3 Å². The van der Waals surface area contributed by atoms with Crippen LogP contribution in [0.25, 0.3) is 31.7 Å². The SMILES string of the molecule is O=c1c(-c2nc3ccccc3s2)c[nH]c2cc(Cl)c(F)cc12. The number of pyridine rings is 1. The Balaban J connectivity index is 2.00. The number of aromatic nitrogens is 2. The molecule has 0 amide bonds. The molecule has 3 nitrogen and oxygen atoms in total. The van der Waals surface area contributed by atoms with Crippen molar-refractivity contribution in [3.05, 3.63) is 63.7 Å². The summed E-state index contributed by atoms with van der Waals surface area (Å²) >= 11 is 7.17. The molecule has 0 radical (unpaired) electrons. The molecule has 2 heterocycles. The Morgan fingerprint density at radius 2 is 2.05 bits per heavy atom. The summed E-state index contributed by atoms with van der Waals surface area (Å²) in [5, 5.41) is 0.856. The van der Waals surface area contributed by atoms with Crippen molar-refractivity contribution in [3.63, 3.8) is 0 Å². The van der Waals surface area contributed by atoms with Crippen LogP contribution in [-0.4, -0.2) is 9.97 Å². The Morgan fingerprint density at radius 3 is 2.86 bits per heavy atom. The zero-order chi connectivity index (χ0) is 15.3. The predicted molar refractivity (Wildman–Crippen MR) is 88.2 cm³/mol. The van der Waals surface area contributed by atoms with Crippen molar-refractivity contribution in [3.8, 4) is 10.6 Å². The third-order valence-electron chi connectivity index (χ3n) is 3.45. The van der Waals surface area contributed by atoms with Crippen LogP contribution in [0.15, 0.2) is 47.4 Å². The number of hydrogen-bond acceptors (Lipinski definition) is 3. The first kappa shape index (κ1) is 13.4. The monoisotopic (exact) mass is 330 g/mol. The predicted octanol–water partition coefficient (Wildman–Crippen LogP) is 4.60. The van der Waals surface area contributed by atoms with Gasteiger partial charge in [0.15, 0.2) is 5.43 Å². The lowest BCUT2D eigenvalue weighted by Crippen LogP contribution is -2.06. The van der Waals surface area contributed by atoms with E-state index >= 15 is 0 Å². The average Bonchev–Trinajstić information content (AvgIpc) is 2.93. The maximum Gasteiger partial charge on any atom is 0.199 e. The summed E-state index contributed by atoms with van der Waals surface area (Å²) in [6.07, 6.45) is 1.59. The minimum Gasteiger partial charge on any atom is -0.360 e. The molecule has 0 atom stereocenters. The second-order valence-electron chi connectivity index (χ2n) is 4.83. The van der Waals surface area contributed by atoms with E-state index in [9.17, 15) is 9.18 Å². The van der Waals surface area contributed by atoms with Gasteiger partial charge in [0.1, 0.15) is 10.8 Å². The number of H-pyrrole nitrogens is 1. The Labute approximate surface area is 133 Å². The standard InChI is InChI=1S/C16H8ClFN2OS/c17-10-6-13-8(5-11(10)18)15(21)9(7-19-13)16-20-12-3-1-2-4-14(12)22-16/h1-7H,(H,19,21). The quantitative estimate of drug-likeness (QED) is 0.554. The van der Waals surface area contributed by atoms with Crippen molar-refractivity contribution in [2.75, 3.05) is 0 Å². The first-order valence-electron chi connectivity index (χ1n) is 6.50. The summed E-state index contributed by atoms with van der Waals surface area (Å²) in [5.41, 5.74) is 1.50. The molecule has 108 valence electrons. The van der Waals surface area contributed by atoms with Crippen LogP contribution in [0.4, 0.5) is 4.39 Å². The third kappa shape index (κ3) is 2.01. The third-order valence-corrected chi connectivity index (χ3v) is 4.81. The van der Waals surface area contributed by atoms with Crippen molar-refractivity contribution < 1.29 is 4.39 Å². The summed E-state index contributed by atoms with van der Waals surface area (Å²) in [7, 11) is 0. The van der Waals surface area contributed by atoms with E-state index in [0.29, 0.717) is 16.1 Å². The van der Waals surface area contributed by atoms with Crippen LogP contribution in [-0.2, 0) is 0 Å². The van der Waals surface area contributed by atoms with Gasteiger partial charge >= 0.3 is 0 Å². The van der Waals surface area contributed by atoms with E-state index in [1.54, 1.807) is 6.20 Å². The van der Waals surface area contributed by atoms with Crippen molar-refractivity contribution >= 4 is 44.1 Å². The van der Waals surface area contributed by atoms with Crippen LogP contribution < -0.4 is 5.43 Å². The number of rotatable bonds is 1. The Morgan fingerprint density at radius 1 is 1.23 bits per heavy atom. The largest absolute Gasteiger partial charge is 0.360 e. The second kappa shape index (κ2) is 4.90. The number of para-hydroxylation sites is 1. The molecule has 0 saturated carbocycles. The smallest absolute Gasteiger partial charge is 0.199 e. The molecule has 0 aliphatic rings. The second-order valence-corrected chi connectivity index (χ2v) is 6.27. The topological polar surface area (TPSA) is 45.8 Å². The first-order valence-corrected chi connectivity index (χ1v) is 7.69. The molecule has 0 unspecified atom stereocenters. The van der Waals surface area contributed by atoms with Crippen LogP contribution in [0.3, 0.4) is 0 Å². The van der Waals surface area contributed by atoms with Gasteiger partial charge in [-0.05, 0) is 24.3 Å². The fourth-order valence-electron chi connectivity index (χ4n) is 2.36. The number of benzene rings is 2. The van der Waals surface area contributed by atoms with Gasteiger partial charge in [0, 0.05) is 11.6 Å². The molecule has 0 spiro atoms. The van der Waals surface area contributed by atoms with E-state index in [1.807, 2.05) is 24.3 Å². The van der Waals surface area contributed by atoms with E-state index in [2.05, 4.69) is 9.97 Å². The van der Waals surface area contributed by atoms with Crippen LogP contribution in [0, 0.1) is 5.82 Å². The number of nitrogens with one attached hydrogen (secondary N) is 1. The molecule has 2 aromatic carbocycles. The lowest BCUT2D eigenvalue weighted by atomic mass is 10.1. The Hall–Kier alpha value is -2.24. The molecule has 1 N–H and O–H groups in total. The first-order chi connectivity index (χ1) is 10.6. The lowest BCUT2D eigenvalue weighted by Gasteiger charge is -2.02. The molecule has 4 rings (SSSR count). The number of nitrogens with zero attached hydrogens (tertiary/aromatic N) is 1. The number of aromatic amines is 1. The van der Waals surface area contributed by atoms with Crippen molar-refractivity contribution in [1.29, 1.82) is 0 Å². The van der Waals surface area contributed by atoms with Crippen LogP contribution in [0.1, 0.15) is 0 Å². The van der Waals surface area contributed by atoms with E-state index < -0.39 is 5.82 Å². The van der Waals surface area contributed by atoms with Gasteiger partial charge < -0.3 is 4.98 Å². The molecule has 0 aliphatic heterocycles. The average molecular weight is 331 g/mol. The molecule has 0 aliphatic carbocycles. The highest BCUT2D eigenvalue weighted by Crippen LogP contribution is 2.29. The fraction of sp³-hybridized carbons (Fsp3) is 0. The highest BCUT2D eigenvalue weighted by atomic mass is 35.5. The van der Waals surface area contributed by atoms with E-state index in [4.69, 9.17) is 11.6 Å². The molecule has 4 aromatic rings. The molecular weight excluding hydrogens is 323 g/mol. The van der Waals surface area contributed by atoms with E-state index in [-0.39, 0.29) is 15.8 Å². The number of fused-ring (bicyclic) bond motifs is 2. The van der Waals surface area contributed by atoms with E-state index in [0.717, 1.165) is 16.3 Å². The maximum absolute atomic E-state index is 13.6. The zero-order valence-electron chi connectivity index (χ0n) is 11.1. The normalized spacial score (nSPS) is 11.4. The number of hydrogen-bond donors (Lipinski definition) is 1. The summed E-state index contributed by atoms with van der Waals surface area (Å²) in [4.78, 5) is 20.1. The fourth-order valence-corrected chi connectivity index (χ4v) is 3.50. The lowest BCUT2D eigenvalue weighted by molar-refractivity contribution is 0.630. The van der Waals surface area contributed by atoms with Gasteiger partial charge in [-0.2, -0.15) is 0 Å². The zero-order valence-corrected chi connectivity index (χ0v) is 12.6. The summed E-state index contributed by atoms with van der Waals surface area (Å²) in [6, 6.07) is 10.2. The molecule has 0 fully saturated rings. The Bertz CT molecular complexity index is 1050. The van der Waals surface area contributed by atoms with Crippen molar-refractivity contribution in [2.45, 2.75) is 0 Å². The van der Waals surface area contributed by atoms with Gasteiger partial charge in [-0.1, -0.05) is 23.7 Å². The molecule has 22 heavy (non-hydrogen) atoms. The maximum atomic E-state index is 13.6. The summed E-state index contributed by atoms with van der Waals surface area (Å²) in [6.45, 7) is 0. The number of thiazole rings is 1. The van der Waals surface area contributed by atoms with Gasteiger partial charge in [-0.25, -0.2) is 9.37 Å². The van der Waals surface area contributed by atoms with Crippen LogP contribution >= 0.6 is 22.9 Å².